The summed E-state index contributed by atoms with van der Waals surface area (Å²) < 4.78 is 27.6. The van der Waals surface area contributed by atoms with Crippen molar-refractivity contribution in [2.75, 3.05) is 19.3 Å². The van der Waals surface area contributed by atoms with Crippen LogP contribution in [0.2, 0.25) is 5.02 Å². The van der Waals surface area contributed by atoms with Crippen LogP contribution in [0.15, 0.2) is 35.9 Å². The van der Waals surface area contributed by atoms with E-state index in [0.717, 1.165) is 17.9 Å². The van der Waals surface area contributed by atoms with Crippen LogP contribution in [0.25, 0.3) is 0 Å². The lowest BCUT2D eigenvalue weighted by atomic mass is 10.0. The molecule has 0 radical (unpaired) electrons. The van der Waals surface area contributed by atoms with Gasteiger partial charge in [-0.1, -0.05) is 29.8 Å². The highest BCUT2D eigenvalue weighted by molar-refractivity contribution is 7.86. The number of carboxylic acids is 1. The van der Waals surface area contributed by atoms with Gasteiger partial charge in [-0.3, -0.25) is 9.08 Å². The van der Waals surface area contributed by atoms with Crippen LogP contribution in [-0.4, -0.2) is 49.8 Å². The summed E-state index contributed by atoms with van der Waals surface area (Å²) in [5, 5.41) is 9.63. The SMILES string of the molecule is CS(=O)(=O)OC1CCN(Cc2ccccc2Cl)CC1=CC(=O)O. The Morgan fingerprint density at radius 1 is 1.48 bits per heavy atom. The van der Waals surface area contributed by atoms with Crippen molar-refractivity contribution in [3.8, 4) is 0 Å². The van der Waals surface area contributed by atoms with E-state index in [0.29, 0.717) is 36.7 Å². The molecule has 1 fully saturated rings. The van der Waals surface area contributed by atoms with Crippen molar-refractivity contribution < 1.29 is 22.5 Å². The van der Waals surface area contributed by atoms with Gasteiger partial charge in [-0.05, 0) is 23.6 Å². The zero-order chi connectivity index (χ0) is 17.0. The van der Waals surface area contributed by atoms with Crippen LogP contribution >= 0.6 is 11.6 Å². The largest absolute Gasteiger partial charge is 0.478 e. The number of halogens is 1. The van der Waals surface area contributed by atoms with Gasteiger partial charge in [0.2, 0.25) is 0 Å². The number of carboxylic acid groups (broad SMARTS) is 1. The molecule has 1 aromatic carbocycles. The van der Waals surface area contributed by atoms with Crippen LogP contribution in [0.5, 0.6) is 0 Å². The first kappa shape index (κ1) is 17.9. The molecule has 1 aliphatic heterocycles. The van der Waals surface area contributed by atoms with Gasteiger partial charge in [-0.25, -0.2) is 4.79 Å². The monoisotopic (exact) mass is 359 g/mol. The molecule has 0 bridgehead atoms. The van der Waals surface area contributed by atoms with E-state index in [1.807, 2.05) is 23.1 Å². The maximum absolute atomic E-state index is 11.3. The molecule has 1 unspecified atom stereocenters. The molecule has 1 aliphatic rings. The van der Waals surface area contributed by atoms with Gasteiger partial charge < -0.3 is 5.11 Å². The van der Waals surface area contributed by atoms with Crippen molar-refractivity contribution >= 4 is 27.7 Å². The lowest BCUT2D eigenvalue weighted by Crippen LogP contribution is -2.39. The molecule has 23 heavy (non-hydrogen) atoms. The molecule has 0 saturated carbocycles. The Kier molecular flexibility index (Phi) is 5.80. The third-order valence-electron chi connectivity index (χ3n) is 3.48. The van der Waals surface area contributed by atoms with Crippen molar-refractivity contribution in [3.05, 3.63) is 46.5 Å². The second kappa shape index (κ2) is 7.44. The van der Waals surface area contributed by atoms with Crippen molar-refractivity contribution in [1.29, 1.82) is 0 Å². The van der Waals surface area contributed by atoms with Gasteiger partial charge in [0.15, 0.2) is 0 Å². The lowest BCUT2D eigenvalue weighted by molar-refractivity contribution is -0.131. The average Bonchev–Trinajstić information content (AvgIpc) is 2.42. The first-order valence-electron chi connectivity index (χ1n) is 7.02. The van der Waals surface area contributed by atoms with Gasteiger partial charge in [0, 0.05) is 30.7 Å². The third-order valence-corrected chi connectivity index (χ3v) is 4.43. The molecule has 2 rings (SSSR count). The number of benzene rings is 1. The first-order valence-corrected chi connectivity index (χ1v) is 9.21. The summed E-state index contributed by atoms with van der Waals surface area (Å²) in [5.74, 6) is -1.12. The molecule has 0 spiro atoms. The summed E-state index contributed by atoms with van der Waals surface area (Å²) in [4.78, 5) is 13.0. The summed E-state index contributed by atoms with van der Waals surface area (Å²) in [6.45, 7) is 1.46. The minimum absolute atomic E-state index is 0.317. The number of nitrogens with zero attached hydrogens (tertiary/aromatic N) is 1. The van der Waals surface area contributed by atoms with Crippen LogP contribution < -0.4 is 0 Å². The number of piperidine rings is 1. The molecular formula is C15H18ClNO5S. The Bertz CT molecular complexity index is 716. The van der Waals surface area contributed by atoms with Gasteiger partial charge in [0.25, 0.3) is 10.1 Å². The highest BCUT2D eigenvalue weighted by Crippen LogP contribution is 2.24. The molecule has 0 aromatic heterocycles. The van der Waals surface area contributed by atoms with Crippen LogP contribution in [0.4, 0.5) is 0 Å². The van der Waals surface area contributed by atoms with E-state index in [4.69, 9.17) is 20.9 Å². The summed E-state index contributed by atoms with van der Waals surface area (Å²) in [7, 11) is -3.65. The van der Waals surface area contributed by atoms with Gasteiger partial charge in [-0.15, -0.1) is 0 Å². The summed E-state index contributed by atoms with van der Waals surface area (Å²) in [6.07, 6.45) is 1.65. The molecule has 1 aromatic rings. The van der Waals surface area contributed by atoms with Gasteiger partial charge in [-0.2, -0.15) is 8.42 Å². The molecular weight excluding hydrogens is 342 g/mol. The van der Waals surface area contributed by atoms with E-state index in [1.54, 1.807) is 6.07 Å². The van der Waals surface area contributed by atoms with Crippen LogP contribution in [0, 0.1) is 0 Å². The Hall–Kier alpha value is -1.41. The zero-order valence-electron chi connectivity index (χ0n) is 12.6. The van der Waals surface area contributed by atoms with E-state index < -0.39 is 22.2 Å². The fourth-order valence-corrected chi connectivity index (χ4v) is 3.38. The minimum Gasteiger partial charge on any atom is -0.478 e. The van der Waals surface area contributed by atoms with Crippen LogP contribution in [0.1, 0.15) is 12.0 Å². The Balaban J connectivity index is 2.13. The van der Waals surface area contributed by atoms with Gasteiger partial charge in [0.05, 0.1) is 6.26 Å². The summed E-state index contributed by atoms with van der Waals surface area (Å²) in [6, 6.07) is 7.43. The minimum atomic E-state index is -3.65. The Labute approximate surface area is 140 Å². The molecule has 1 atom stereocenters. The van der Waals surface area contributed by atoms with E-state index in [-0.39, 0.29) is 0 Å². The predicted molar refractivity (Wildman–Crippen MR) is 86.8 cm³/mol. The fourth-order valence-electron chi connectivity index (χ4n) is 2.54. The molecule has 1 heterocycles. The predicted octanol–water partition coefficient (Wildman–Crippen LogP) is 1.90. The maximum Gasteiger partial charge on any atom is 0.328 e. The van der Waals surface area contributed by atoms with E-state index >= 15 is 0 Å². The van der Waals surface area contributed by atoms with Gasteiger partial charge in [0.1, 0.15) is 6.10 Å². The number of aliphatic carboxylic acids is 1. The summed E-state index contributed by atoms with van der Waals surface area (Å²) in [5.41, 5.74) is 1.37. The Morgan fingerprint density at radius 3 is 2.78 bits per heavy atom. The molecule has 0 amide bonds. The molecule has 8 heteroatoms. The number of rotatable bonds is 5. The zero-order valence-corrected chi connectivity index (χ0v) is 14.2. The average molecular weight is 360 g/mol. The number of carbonyl (C=O) groups is 1. The van der Waals surface area contributed by atoms with Crippen molar-refractivity contribution in [3.63, 3.8) is 0 Å². The van der Waals surface area contributed by atoms with E-state index in [2.05, 4.69) is 0 Å². The molecule has 126 valence electrons. The van der Waals surface area contributed by atoms with E-state index in [1.165, 1.54) is 0 Å². The molecule has 1 N–H and O–H groups in total. The van der Waals surface area contributed by atoms with Crippen molar-refractivity contribution in [2.45, 2.75) is 19.1 Å². The topological polar surface area (TPSA) is 83.9 Å². The van der Waals surface area contributed by atoms with Crippen molar-refractivity contribution in [2.24, 2.45) is 0 Å². The summed E-state index contributed by atoms with van der Waals surface area (Å²) >= 11 is 6.14. The standard InChI is InChI=1S/C15H18ClNO5S/c1-23(20,21)22-14-6-7-17(10-12(14)8-15(18)19)9-11-4-2-3-5-13(11)16/h2-5,8,14H,6-7,9-10H2,1H3,(H,18,19). The number of hydrogen-bond acceptors (Lipinski definition) is 5. The molecule has 6 nitrogen and oxygen atoms in total. The first-order chi connectivity index (χ1) is 10.7. The fraction of sp³-hybridized carbons (Fsp3) is 0.400. The van der Waals surface area contributed by atoms with Crippen LogP contribution in [-0.2, 0) is 25.6 Å². The van der Waals surface area contributed by atoms with Crippen molar-refractivity contribution in [1.82, 2.24) is 4.90 Å². The maximum atomic E-state index is 11.3. The second-order valence-electron chi connectivity index (χ2n) is 5.44. The van der Waals surface area contributed by atoms with E-state index in [9.17, 15) is 13.2 Å². The quantitative estimate of drug-likeness (QED) is 0.638. The number of hydrogen-bond donors (Lipinski definition) is 1. The normalized spacial score (nSPS) is 21.5. The smallest absolute Gasteiger partial charge is 0.328 e. The van der Waals surface area contributed by atoms with Crippen LogP contribution in [0.3, 0.4) is 0 Å². The third kappa shape index (κ3) is 5.62. The highest BCUT2D eigenvalue weighted by atomic mass is 35.5. The molecule has 1 saturated heterocycles. The van der Waals surface area contributed by atoms with Gasteiger partial charge >= 0.3 is 5.97 Å². The molecule has 0 aliphatic carbocycles. The number of likely N-dealkylation sites (tertiary alicyclic amines) is 1. The Morgan fingerprint density at radius 2 is 2.17 bits per heavy atom. The highest BCUT2D eigenvalue weighted by Gasteiger charge is 2.28. The lowest BCUT2D eigenvalue weighted by Gasteiger charge is -2.33. The second-order valence-corrected chi connectivity index (χ2v) is 7.45.